The van der Waals surface area contributed by atoms with Gasteiger partial charge in [0.1, 0.15) is 6.29 Å². The predicted octanol–water partition coefficient (Wildman–Crippen LogP) is 0.368. The summed E-state index contributed by atoms with van der Waals surface area (Å²) in [5.41, 5.74) is 0. The summed E-state index contributed by atoms with van der Waals surface area (Å²) in [5.74, 6) is 0.490. The van der Waals surface area contributed by atoms with Gasteiger partial charge >= 0.3 is 0 Å². The van der Waals surface area contributed by atoms with Crippen molar-refractivity contribution in [2.24, 2.45) is 0 Å². The molecule has 0 spiro atoms. The van der Waals surface area contributed by atoms with E-state index in [1.54, 1.807) is 9.80 Å². The summed E-state index contributed by atoms with van der Waals surface area (Å²) in [5, 5.41) is 0.467. The lowest BCUT2D eigenvalue weighted by atomic mass is 10.3. The highest BCUT2D eigenvalue weighted by atomic mass is 35.5. The number of nitrogens with zero attached hydrogens (tertiary/aromatic N) is 4. The van der Waals surface area contributed by atoms with Crippen molar-refractivity contribution in [2.75, 3.05) is 31.1 Å². The van der Waals surface area contributed by atoms with Crippen molar-refractivity contribution in [2.45, 2.75) is 6.42 Å². The zero-order valence-corrected chi connectivity index (χ0v) is 10.5. The third kappa shape index (κ3) is 2.95. The van der Waals surface area contributed by atoms with Crippen LogP contribution in [0.2, 0.25) is 5.02 Å². The molecule has 7 heteroatoms. The van der Waals surface area contributed by atoms with E-state index in [2.05, 4.69) is 9.97 Å². The van der Waals surface area contributed by atoms with Crippen LogP contribution in [-0.2, 0) is 9.59 Å². The van der Waals surface area contributed by atoms with E-state index < -0.39 is 0 Å². The minimum Gasteiger partial charge on any atom is -0.339 e. The molecule has 1 amide bonds. The van der Waals surface area contributed by atoms with Gasteiger partial charge in [-0.05, 0) is 0 Å². The number of aromatic nitrogens is 2. The minimum absolute atomic E-state index is 0.0124. The van der Waals surface area contributed by atoms with Crippen molar-refractivity contribution in [3.63, 3.8) is 0 Å². The van der Waals surface area contributed by atoms with Crippen molar-refractivity contribution >= 4 is 29.7 Å². The van der Waals surface area contributed by atoms with Crippen LogP contribution in [0.25, 0.3) is 0 Å². The zero-order valence-electron chi connectivity index (χ0n) is 9.75. The van der Waals surface area contributed by atoms with Gasteiger partial charge in [0.25, 0.3) is 0 Å². The molecule has 1 aliphatic heterocycles. The number of halogens is 1. The summed E-state index contributed by atoms with van der Waals surface area (Å²) in [6.07, 6.45) is 4.21. The lowest BCUT2D eigenvalue weighted by Crippen LogP contribution is -2.51. The molecule has 0 radical (unpaired) electrons. The van der Waals surface area contributed by atoms with E-state index in [1.165, 1.54) is 12.4 Å². The first-order chi connectivity index (χ1) is 8.70. The third-order valence-electron chi connectivity index (χ3n) is 2.73. The van der Waals surface area contributed by atoms with Crippen LogP contribution in [-0.4, -0.2) is 53.2 Å². The molecule has 18 heavy (non-hydrogen) atoms. The Bertz CT molecular complexity index is 437. The van der Waals surface area contributed by atoms with Gasteiger partial charge in [0.2, 0.25) is 11.9 Å². The Labute approximate surface area is 110 Å². The lowest BCUT2D eigenvalue weighted by Gasteiger charge is -2.33. The van der Waals surface area contributed by atoms with Gasteiger partial charge in [-0.15, -0.1) is 0 Å². The molecule has 96 valence electrons. The van der Waals surface area contributed by atoms with Gasteiger partial charge in [-0.25, -0.2) is 9.97 Å². The SMILES string of the molecule is O=CCCN1CCN(c2ncc(Cl)cn2)CC1=O. The van der Waals surface area contributed by atoms with Crippen molar-refractivity contribution in [3.05, 3.63) is 17.4 Å². The highest BCUT2D eigenvalue weighted by Gasteiger charge is 2.24. The van der Waals surface area contributed by atoms with E-state index in [4.69, 9.17) is 11.6 Å². The van der Waals surface area contributed by atoms with Crippen LogP contribution < -0.4 is 4.90 Å². The van der Waals surface area contributed by atoms with E-state index in [1.807, 2.05) is 0 Å². The van der Waals surface area contributed by atoms with Crippen LogP contribution in [0.4, 0.5) is 5.95 Å². The van der Waals surface area contributed by atoms with Crippen LogP contribution in [0.15, 0.2) is 12.4 Å². The molecular formula is C11H13ClN4O2. The van der Waals surface area contributed by atoms with E-state index in [0.717, 1.165) is 6.29 Å². The van der Waals surface area contributed by atoms with Crippen molar-refractivity contribution < 1.29 is 9.59 Å². The molecular weight excluding hydrogens is 256 g/mol. The van der Waals surface area contributed by atoms with E-state index in [-0.39, 0.29) is 12.5 Å². The number of amides is 1. The normalized spacial score (nSPS) is 15.9. The molecule has 0 bridgehead atoms. The van der Waals surface area contributed by atoms with Crippen molar-refractivity contribution in [1.82, 2.24) is 14.9 Å². The van der Waals surface area contributed by atoms with E-state index in [0.29, 0.717) is 37.0 Å². The number of anilines is 1. The summed E-state index contributed by atoms with van der Waals surface area (Å²) in [4.78, 5) is 33.8. The molecule has 0 atom stereocenters. The number of piperazine rings is 1. The fourth-order valence-electron chi connectivity index (χ4n) is 1.79. The monoisotopic (exact) mass is 268 g/mol. The van der Waals surface area contributed by atoms with Crippen molar-refractivity contribution in [3.8, 4) is 0 Å². The molecule has 1 fully saturated rings. The Kier molecular flexibility index (Phi) is 4.09. The maximum absolute atomic E-state index is 11.8. The number of carbonyl (C=O) groups is 2. The van der Waals surface area contributed by atoms with Gasteiger partial charge in [0, 0.05) is 26.1 Å². The van der Waals surface area contributed by atoms with Gasteiger partial charge in [0.05, 0.1) is 24.0 Å². The van der Waals surface area contributed by atoms with Crippen molar-refractivity contribution in [1.29, 1.82) is 0 Å². The molecule has 2 rings (SSSR count). The van der Waals surface area contributed by atoms with Crippen LogP contribution >= 0.6 is 11.6 Å². The molecule has 6 nitrogen and oxygen atoms in total. The fraction of sp³-hybridized carbons (Fsp3) is 0.455. The van der Waals surface area contributed by atoms with E-state index >= 15 is 0 Å². The quantitative estimate of drug-likeness (QED) is 0.738. The topological polar surface area (TPSA) is 66.4 Å². The van der Waals surface area contributed by atoms with Gasteiger partial charge in [-0.2, -0.15) is 0 Å². The summed E-state index contributed by atoms with van der Waals surface area (Å²) in [6.45, 7) is 1.96. The molecule has 2 heterocycles. The largest absolute Gasteiger partial charge is 0.339 e. The predicted molar refractivity (Wildman–Crippen MR) is 66.5 cm³/mol. The number of carbonyl (C=O) groups excluding carboxylic acids is 2. The highest BCUT2D eigenvalue weighted by molar-refractivity contribution is 6.30. The summed E-state index contributed by atoms with van der Waals surface area (Å²) < 4.78 is 0. The molecule has 1 saturated heterocycles. The zero-order chi connectivity index (χ0) is 13.0. The van der Waals surface area contributed by atoms with Crippen LogP contribution in [0.5, 0.6) is 0 Å². The average molecular weight is 269 g/mol. The molecule has 0 aliphatic carbocycles. The average Bonchev–Trinajstić information content (AvgIpc) is 2.38. The molecule has 1 aliphatic rings. The van der Waals surface area contributed by atoms with Crippen LogP contribution in [0.1, 0.15) is 6.42 Å². The molecule has 1 aromatic rings. The second-order valence-corrected chi connectivity index (χ2v) is 4.40. The maximum Gasteiger partial charge on any atom is 0.242 e. The van der Waals surface area contributed by atoms with E-state index in [9.17, 15) is 9.59 Å². The molecule has 0 aromatic carbocycles. The summed E-state index contributed by atoms with van der Waals surface area (Å²) in [7, 11) is 0. The van der Waals surface area contributed by atoms with Gasteiger partial charge in [0.15, 0.2) is 0 Å². The Morgan fingerprint density at radius 2 is 2.06 bits per heavy atom. The van der Waals surface area contributed by atoms with Crippen LogP contribution in [0.3, 0.4) is 0 Å². The number of hydrogen-bond donors (Lipinski definition) is 0. The first-order valence-electron chi connectivity index (χ1n) is 5.64. The Hall–Kier alpha value is -1.69. The standard InChI is InChI=1S/C11H13ClN4O2/c12-9-6-13-11(14-7-9)16-4-3-15(2-1-5-17)10(18)8-16/h5-7H,1-4,8H2. The molecule has 0 N–H and O–H groups in total. The lowest BCUT2D eigenvalue weighted by molar-refractivity contribution is -0.131. The number of aldehydes is 1. The Morgan fingerprint density at radius 3 is 2.67 bits per heavy atom. The molecule has 0 saturated carbocycles. The highest BCUT2D eigenvalue weighted by Crippen LogP contribution is 2.13. The van der Waals surface area contributed by atoms with Gasteiger partial charge in [-0.1, -0.05) is 11.6 Å². The first-order valence-corrected chi connectivity index (χ1v) is 6.02. The Balaban J connectivity index is 1.97. The smallest absolute Gasteiger partial charge is 0.242 e. The Morgan fingerprint density at radius 1 is 1.33 bits per heavy atom. The number of rotatable bonds is 4. The summed E-state index contributed by atoms with van der Waals surface area (Å²) >= 11 is 5.71. The van der Waals surface area contributed by atoms with Gasteiger partial charge in [-0.3, -0.25) is 4.79 Å². The fourth-order valence-corrected chi connectivity index (χ4v) is 1.89. The second kappa shape index (κ2) is 5.77. The minimum atomic E-state index is -0.0124. The van der Waals surface area contributed by atoms with Crippen LogP contribution in [0, 0.1) is 0 Å². The van der Waals surface area contributed by atoms with Gasteiger partial charge < -0.3 is 14.6 Å². The summed E-state index contributed by atoms with van der Waals surface area (Å²) in [6, 6.07) is 0. The molecule has 1 aromatic heterocycles. The second-order valence-electron chi connectivity index (χ2n) is 3.96. The molecule has 0 unspecified atom stereocenters. The third-order valence-corrected chi connectivity index (χ3v) is 2.92. The number of hydrogen-bond acceptors (Lipinski definition) is 5. The maximum atomic E-state index is 11.8. The first kappa shape index (κ1) is 12.8.